The van der Waals surface area contributed by atoms with E-state index in [0.29, 0.717) is 25.0 Å². The number of aromatic nitrogens is 3. The maximum atomic E-state index is 13.0. The third-order valence-electron chi connectivity index (χ3n) is 4.85. The molecule has 4 heterocycles. The molecule has 0 saturated carbocycles. The van der Waals surface area contributed by atoms with Crippen LogP contribution in [-0.2, 0) is 12.0 Å². The number of carbonyl (C=O) groups is 1. The number of hydrogen-bond acceptors (Lipinski definition) is 6. The molecule has 132 valence electrons. The zero-order chi connectivity index (χ0) is 17.6. The van der Waals surface area contributed by atoms with E-state index in [4.69, 9.17) is 4.42 Å². The molecule has 0 aromatic carbocycles. The molecular weight excluding hydrogens is 318 g/mol. The summed E-state index contributed by atoms with van der Waals surface area (Å²) in [5.41, 5.74) is 0.791. The molecule has 2 aliphatic rings. The summed E-state index contributed by atoms with van der Waals surface area (Å²) >= 11 is 0. The van der Waals surface area contributed by atoms with E-state index >= 15 is 0 Å². The van der Waals surface area contributed by atoms with Crippen molar-refractivity contribution in [2.45, 2.75) is 51.6 Å². The lowest BCUT2D eigenvalue weighted by Crippen LogP contribution is -2.40. The minimum absolute atomic E-state index is 0.0711. The Hall–Kier alpha value is -2.44. The summed E-state index contributed by atoms with van der Waals surface area (Å²) in [7, 11) is 0. The van der Waals surface area contributed by atoms with E-state index in [1.54, 1.807) is 0 Å². The van der Waals surface area contributed by atoms with Gasteiger partial charge in [0.05, 0.1) is 0 Å². The Bertz CT molecular complexity index is 795. The van der Waals surface area contributed by atoms with Crippen molar-refractivity contribution < 1.29 is 9.21 Å². The van der Waals surface area contributed by atoms with Crippen LogP contribution in [0.25, 0.3) is 0 Å². The first-order valence-electron chi connectivity index (χ1n) is 8.77. The normalized spacial score (nSPS) is 20.2. The maximum absolute atomic E-state index is 13.0. The Morgan fingerprint density at radius 3 is 2.92 bits per heavy atom. The number of hydrogen-bond donors (Lipinski definition) is 0. The molecule has 7 nitrogen and oxygen atoms in total. The van der Waals surface area contributed by atoms with Crippen LogP contribution in [0.2, 0.25) is 0 Å². The zero-order valence-electron chi connectivity index (χ0n) is 14.9. The Balaban J connectivity index is 1.64. The highest BCUT2D eigenvalue weighted by molar-refractivity contribution is 5.89. The highest BCUT2D eigenvalue weighted by Gasteiger charge is 2.36. The average Bonchev–Trinajstić information content (AvgIpc) is 3.21. The average molecular weight is 341 g/mol. The topological polar surface area (TPSA) is 75.4 Å². The van der Waals surface area contributed by atoms with Crippen LogP contribution < -0.4 is 4.90 Å². The van der Waals surface area contributed by atoms with E-state index in [2.05, 4.69) is 20.1 Å². The summed E-state index contributed by atoms with van der Waals surface area (Å²) in [4.78, 5) is 21.7. The van der Waals surface area contributed by atoms with Crippen LogP contribution >= 0.6 is 0 Å². The second-order valence-electron chi connectivity index (χ2n) is 7.82. The number of nitrogens with zero attached hydrogens (tertiary/aromatic N) is 5. The minimum Gasteiger partial charge on any atom is -0.416 e. The van der Waals surface area contributed by atoms with Gasteiger partial charge in [0.2, 0.25) is 5.89 Å². The van der Waals surface area contributed by atoms with Crippen LogP contribution in [0.5, 0.6) is 0 Å². The van der Waals surface area contributed by atoms with E-state index in [9.17, 15) is 4.79 Å². The maximum Gasteiger partial charge on any atom is 0.311 e. The first-order chi connectivity index (χ1) is 11.9. The molecule has 0 aliphatic carbocycles. The van der Waals surface area contributed by atoms with Gasteiger partial charge in [0.15, 0.2) is 0 Å². The Morgan fingerprint density at radius 2 is 2.16 bits per heavy atom. The van der Waals surface area contributed by atoms with Gasteiger partial charge < -0.3 is 14.2 Å². The van der Waals surface area contributed by atoms with Crippen molar-refractivity contribution in [2.75, 3.05) is 18.0 Å². The molecule has 0 bridgehead atoms. The van der Waals surface area contributed by atoms with Crippen molar-refractivity contribution in [2.24, 2.45) is 0 Å². The highest BCUT2D eigenvalue weighted by atomic mass is 16.4. The van der Waals surface area contributed by atoms with E-state index in [1.165, 1.54) is 0 Å². The molecule has 7 heteroatoms. The first kappa shape index (κ1) is 16.1. The molecule has 2 aromatic rings. The van der Waals surface area contributed by atoms with E-state index < -0.39 is 0 Å². The number of carbonyl (C=O) groups excluding carboxylic acids is 1. The Labute approximate surface area is 147 Å². The van der Waals surface area contributed by atoms with Crippen molar-refractivity contribution in [1.82, 2.24) is 20.1 Å². The summed E-state index contributed by atoms with van der Waals surface area (Å²) in [6, 6.07) is 4.25. The number of fused-ring (bicyclic) bond motifs is 3. The number of rotatable bonds is 1. The van der Waals surface area contributed by atoms with Gasteiger partial charge in [0.25, 0.3) is 0 Å². The minimum atomic E-state index is -0.275. The smallest absolute Gasteiger partial charge is 0.311 e. The van der Waals surface area contributed by atoms with Gasteiger partial charge in [-0.3, -0.25) is 4.79 Å². The highest BCUT2D eigenvalue weighted by Crippen LogP contribution is 2.32. The lowest BCUT2D eigenvalue weighted by Gasteiger charge is -2.26. The van der Waals surface area contributed by atoms with E-state index in [1.807, 2.05) is 44.0 Å². The summed E-state index contributed by atoms with van der Waals surface area (Å²) in [5, 5.41) is 8.04. The van der Waals surface area contributed by atoms with Crippen LogP contribution in [-0.4, -0.2) is 45.1 Å². The quantitative estimate of drug-likeness (QED) is 0.793. The number of anilines is 1. The van der Waals surface area contributed by atoms with Crippen LogP contribution in [0.4, 0.5) is 5.82 Å². The molecule has 2 aliphatic heterocycles. The summed E-state index contributed by atoms with van der Waals surface area (Å²) in [5.74, 6) is 1.35. The fraction of sp³-hybridized carbons (Fsp3) is 0.556. The number of amides is 1. The molecule has 1 amide bonds. The van der Waals surface area contributed by atoms with Gasteiger partial charge in [-0.1, -0.05) is 26.8 Å². The van der Waals surface area contributed by atoms with Gasteiger partial charge in [-0.05, 0) is 18.9 Å². The molecule has 0 unspecified atom stereocenters. The lowest BCUT2D eigenvalue weighted by molar-refractivity contribution is 0.0694. The molecule has 1 saturated heterocycles. The van der Waals surface area contributed by atoms with Gasteiger partial charge in [0, 0.05) is 42.9 Å². The van der Waals surface area contributed by atoms with Crippen LogP contribution in [0.3, 0.4) is 0 Å². The van der Waals surface area contributed by atoms with Crippen molar-refractivity contribution in [3.8, 4) is 0 Å². The molecule has 1 fully saturated rings. The van der Waals surface area contributed by atoms with Gasteiger partial charge in [-0.2, -0.15) is 0 Å². The van der Waals surface area contributed by atoms with Gasteiger partial charge in [-0.15, -0.1) is 10.2 Å². The summed E-state index contributed by atoms with van der Waals surface area (Å²) < 4.78 is 5.66. The second-order valence-corrected chi connectivity index (χ2v) is 7.82. The monoisotopic (exact) mass is 341 g/mol. The summed E-state index contributed by atoms with van der Waals surface area (Å²) in [6.45, 7) is 8.12. The molecule has 25 heavy (non-hydrogen) atoms. The van der Waals surface area contributed by atoms with E-state index in [-0.39, 0.29) is 17.2 Å². The van der Waals surface area contributed by atoms with Gasteiger partial charge in [-0.25, -0.2) is 4.98 Å². The molecule has 4 rings (SSSR count). The van der Waals surface area contributed by atoms with Crippen LogP contribution in [0, 0.1) is 0 Å². The molecule has 0 spiro atoms. The second kappa shape index (κ2) is 5.82. The predicted molar refractivity (Wildman–Crippen MR) is 92.3 cm³/mol. The van der Waals surface area contributed by atoms with Gasteiger partial charge in [0.1, 0.15) is 5.82 Å². The third kappa shape index (κ3) is 2.88. The zero-order valence-corrected chi connectivity index (χ0v) is 14.9. The number of pyridine rings is 1. The Kier molecular flexibility index (Phi) is 3.74. The van der Waals surface area contributed by atoms with Crippen LogP contribution in [0.1, 0.15) is 55.8 Å². The fourth-order valence-electron chi connectivity index (χ4n) is 3.54. The van der Waals surface area contributed by atoms with Crippen molar-refractivity contribution in [3.63, 3.8) is 0 Å². The fourth-order valence-corrected chi connectivity index (χ4v) is 3.54. The third-order valence-corrected chi connectivity index (χ3v) is 4.85. The molecule has 2 aromatic heterocycles. The van der Waals surface area contributed by atoms with Crippen molar-refractivity contribution in [3.05, 3.63) is 35.7 Å². The van der Waals surface area contributed by atoms with Crippen molar-refractivity contribution in [1.29, 1.82) is 0 Å². The van der Waals surface area contributed by atoms with Gasteiger partial charge >= 0.3 is 11.8 Å². The predicted octanol–water partition coefficient (Wildman–Crippen LogP) is 2.39. The largest absolute Gasteiger partial charge is 0.416 e. The summed E-state index contributed by atoms with van der Waals surface area (Å²) in [6.07, 6.45) is 4.01. The van der Waals surface area contributed by atoms with Crippen LogP contribution in [0.15, 0.2) is 22.7 Å². The Morgan fingerprint density at radius 1 is 1.32 bits per heavy atom. The molecular formula is C18H23N5O2. The first-order valence-corrected chi connectivity index (χ1v) is 8.77. The van der Waals surface area contributed by atoms with Crippen molar-refractivity contribution >= 4 is 11.7 Å². The lowest BCUT2D eigenvalue weighted by atomic mass is 9.97. The molecule has 0 N–H and O–H groups in total. The van der Waals surface area contributed by atoms with E-state index in [0.717, 1.165) is 30.8 Å². The standard InChI is InChI=1S/C18H23N5O2/c1-18(2,3)17-21-20-15(25-17)16(24)22-10-12-6-4-8-19-14(12)23-9-5-7-13(23)11-22/h4,6,8,13H,5,7,9-11H2,1-3H3/t13-/m1/s1. The molecule has 0 radical (unpaired) electrons. The SMILES string of the molecule is CC(C)(C)c1nnc(C(=O)N2Cc3cccnc3N3CCC[C@@H]3C2)o1. The molecule has 1 atom stereocenters.